The van der Waals surface area contributed by atoms with Crippen LogP contribution >= 0.6 is 0 Å². The largest absolute Gasteiger partial charge is 0.490 e. The lowest BCUT2D eigenvalue weighted by Gasteiger charge is -2.31. The number of nitrogens with one attached hydrogen (secondary N) is 1. The molecule has 0 fully saturated rings. The standard InChI is InChI=1S/C25H23NO4/c27-24(28)16-19-15-21(30-23-9-5-4-8-22(19)23)14-17-10-12-20(13-11-17)26-25(29)18-6-2-1-3-7-18/h1-13,19,21H,14-16H2,(H,26,29)(H,27,28). The highest BCUT2D eigenvalue weighted by Gasteiger charge is 2.29. The zero-order valence-electron chi connectivity index (χ0n) is 16.5. The summed E-state index contributed by atoms with van der Waals surface area (Å²) in [6.07, 6.45) is 1.35. The molecule has 5 nitrogen and oxygen atoms in total. The summed E-state index contributed by atoms with van der Waals surface area (Å²) in [4.78, 5) is 23.6. The number of ether oxygens (including phenoxy) is 1. The molecule has 2 N–H and O–H groups in total. The summed E-state index contributed by atoms with van der Waals surface area (Å²) in [6, 6.07) is 24.4. The van der Waals surface area contributed by atoms with Crippen molar-refractivity contribution in [2.45, 2.75) is 31.3 Å². The number of para-hydroxylation sites is 1. The lowest BCUT2D eigenvalue weighted by molar-refractivity contribution is -0.137. The van der Waals surface area contributed by atoms with Gasteiger partial charge in [0.2, 0.25) is 0 Å². The van der Waals surface area contributed by atoms with E-state index in [0.717, 1.165) is 22.6 Å². The minimum absolute atomic E-state index is 0.0538. The molecule has 0 bridgehead atoms. The molecule has 0 aromatic heterocycles. The van der Waals surface area contributed by atoms with Crippen molar-refractivity contribution in [1.82, 2.24) is 0 Å². The molecule has 1 aliphatic rings. The highest BCUT2D eigenvalue weighted by atomic mass is 16.5. The Kier molecular flexibility index (Phi) is 5.80. The minimum atomic E-state index is -0.797. The number of anilines is 1. The Morgan fingerprint density at radius 3 is 2.37 bits per heavy atom. The van der Waals surface area contributed by atoms with Gasteiger partial charge in [-0.1, -0.05) is 48.5 Å². The van der Waals surface area contributed by atoms with Gasteiger partial charge in [-0.15, -0.1) is 0 Å². The van der Waals surface area contributed by atoms with Gasteiger partial charge in [-0.25, -0.2) is 0 Å². The van der Waals surface area contributed by atoms with Gasteiger partial charge in [0.05, 0.1) is 6.42 Å². The average Bonchev–Trinajstić information content (AvgIpc) is 2.75. The van der Waals surface area contributed by atoms with Crippen molar-refractivity contribution in [3.8, 4) is 5.75 Å². The predicted molar refractivity (Wildman–Crippen MR) is 115 cm³/mol. The molecule has 152 valence electrons. The molecule has 0 aliphatic carbocycles. The molecular weight excluding hydrogens is 378 g/mol. The van der Waals surface area contributed by atoms with E-state index in [9.17, 15) is 14.7 Å². The molecule has 5 heteroatoms. The van der Waals surface area contributed by atoms with Crippen LogP contribution in [-0.2, 0) is 11.2 Å². The second-order valence-electron chi connectivity index (χ2n) is 7.53. The molecule has 1 heterocycles. The number of hydrogen-bond donors (Lipinski definition) is 2. The van der Waals surface area contributed by atoms with Crippen molar-refractivity contribution in [2.24, 2.45) is 0 Å². The van der Waals surface area contributed by atoms with Crippen molar-refractivity contribution in [3.05, 3.63) is 95.6 Å². The Morgan fingerprint density at radius 1 is 0.933 bits per heavy atom. The van der Waals surface area contributed by atoms with Gasteiger partial charge in [0.25, 0.3) is 5.91 Å². The molecule has 0 radical (unpaired) electrons. The van der Waals surface area contributed by atoms with E-state index in [1.807, 2.05) is 66.7 Å². The molecule has 1 aliphatic heterocycles. The fraction of sp³-hybridized carbons (Fsp3) is 0.200. The maximum Gasteiger partial charge on any atom is 0.303 e. The van der Waals surface area contributed by atoms with E-state index in [4.69, 9.17) is 4.74 Å². The smallest absolute Gasteiger partial charge is 0.303 e. The quantitative estimate of drug-likeness (QED) is 0.617. The number of carboxylic acids is 1. The van der Waals surface area contributed by atoms with Crippen molar-refractivity contribution in [1.29, 1.82) is 0 Å². The Labute approximate surface area is 175 Å². The number of carboxylic acid groups (broad SMARTS) is 1. The fourth-order valence-corrected chi connectivity index (χ4v) is 3.91. The zero-order valence-corrected chi connectivity index (χ0v) is 16.5. The first kappa shape index (κ1) is 19.7. The molecule has 2 unspecified atom stereocenters. The Balaban J connectivity index is 1.42. The van der Waals surface area contributed by atoms with Gasteiger partial charge < -0.3 is 15.2 Å². The highest BCUT2D eigenvalue weighted by molar-refractivity contribution is 6.04. The Bertz CT molecular complexity index is 1030. The average molecular weight is 401 g/mol. The van der Waals surface area contributed by atoms with Crippen molar-refractivity contribution in [3.63, 3.8) is 0 Å². The topological polar surface area (TPSA) is 75.6 Å². The molecule has 0 spiro atoms. The van der Waals surface area contributed by atoms with Gasteiger partial charge >= 0.3 is 5.97 Å². The molecule has 3 aromatic carbocycles. The van der Waals surface area contributed by atoms with Crippen molar-refractivity contribution in [2.75, 3.05) is 5.32 Å². The van der Waals surface area contributed by atoms with Gasteiger partial charge in [0.15, 0.2) is 0 Å². The van der Waals surface area contributed by atoms with Crippen LogP contribution in [0.25, 0.3) is 0 Å². The third-order valence-corrected chi connectivity index (χ3v) is 5.33. The van der Waals surface area contributed by atoms with Crippen LogP contribution in [0.4, 0.5) is 5.69 Å². The number of rotatable bonds is 6. The Morgan fingerprint density at radius 2 is 1.63 bits per heavy atom. The number of aliphatic carboxylic acids is 1. The van der Waals surface area contributed by atoms with Crippen LogP contribution in [0.1, 0.15) is 40.2 Å². The summed E-state index contributed by atoms with van der Waals surface area (Å²) in [5.74, 6) is -0.227. The van der Waals surface area contributed by atoms with Gasteiger partial charge in [0, 0.05) is 23.6 Å². The van der Waals surface area contributed by atoms with Gasteiger partial charge in [-0.2, -0.15) is 0 Å². The van der Waals surface area contributed by atoms with Crippen LogP contribution in [0.2, 0.25) is 0 Å². The van der Waals surface area contributed by atoms with E-state index in [2.05, 4.69) is 5.32 Å². The molecule has 2 atom stereocenters. The lowest BCUT2D eigenvalue weighted by Crippen LogP contribution is -2.28. The maximum atomic E-state index is 12.3. The van der Waals surface area contributed by atoms with Gasteiger partial charge in [-0.05, 0) is 47.9 Å². The first-order valence-corrected chi connectivity index (χ1v) is 10.0. The van der Waals surface area contributed by atoms with E-state index < -0.39 is 5.97 Å². The monoisotopic (exact) mass is 401 g/mol. The first-order valence-electron chi connectivity index (χ1n) is 10.0. The van der Waals surface area contributed by atoms with E-state index in [0.29, 0.717) is 18.4 Å². The van der Waals surface area contributed by atoms with E-state index in [1.165, 1.54) is 0 Å². The van der Waals surface area contributed by atoms with Crippen LogP contribution in [0, 0.1) is 0 Å². The summed E-state index contributed by atoms with van der Waals surface area (Å²) in [7, 11) is 0. The second kappa shape index (κ2) is 8.82. The van der Waals surface area contributed by atoms with Crippen LogP contribution in [0.3, 0.4) is 0 Å². The van der Waals surface area contributed by atoms with Crippen molar-refractivity contribution < 1.29 is 19.4 Å². The van der Waals surface area contributed by atoms with E-state index in [-0.39, 0.29) is 24.3 Å². The van der Waals surface area contributed by atoms with Crippen LogP contribution in [-0.4, -0.2) is 23.1 Å². The van der Waals surface area contributed by atoms with E-state index in [1.54, 1.807) is 12.1 Å². The number of carbonyl (C=O) groups is 2. The Hall–Kier alpha value is -3.60. The highest BCUT2D eigenvalue weighted by Crippen LogP contribution is 2.39. The predicted octanol–water partition coefficient (Wildman–Crippen LogP) is 4.89. The number of carbonyl (C=O) groups excluding carboxylic acids is 1. The second-order valence-corrected chi connectivity index (χ2v) is 7.53. The third-order valence-electron chi connectivity index (χ3n) is 5.33. The summed E-state index contributed by atoms with van der Waals surface area (Å²) in [6.45, 7) is 0. The molecular formula is C25H23NO4. The number of amides is 1. The third kappa shape index (κ3) is 4.69. The van der Waals surface area contributed by atoms with Crippen LogP contribution in [0.15, 0.2) is 78.9 Å². The molecule has 4 rings (SSSR count). The normalized spacial score (nSPS) is 17.5. The molecule has 0 saturated carbocycles. The molecule has 3 aromatic rings. The lowest BCUT2D eigenvalue weighted by atomic mass is 9.85. The van der Waals surface area contributed by atoms with Crippen LogP contribution in [0.5, 0.6) is 5.75 Å². The van der Waals surface area contributed by atoms with Gasteiger partial charge in [-0.3, -0.25) is 9.59 Å². The number of benzene rings is 3. The SMILES string of the molecule is O=C(O)CC1CC(Cc2ccc(NC(=O)c3ccccc3)cc2)Oc2ccccc21. The molecule has 1 amide bonds. The summed E-state index contributed by atoms with van der Waals surface area (Å²) in [5.41, 5.74) is 3.38. The summed E-state index contributed by atoms with van der Waals surface area (Å²) in [5, 5.41) is 12.2. The molecule has 0 saturated heterocycles. The summed E-state index contributed by atoms with van der Waals surface area (Å²) < 4.78 is 6.14. The number of hydrogen-bond acceptors (Lipinski definition) is 3. The fourth-order valence-electron chi connectivity index (χ4n) is 3.91. The zero-order chi connectivity index (χ0) is 20.9. The van der Waals surface area contributed by atoms with Crippen LogP contribution < -0.4 is 10.1 Å². The summed E-state index contributed by atoms with van der Waals surface area (Å²) >= 11 is 0. The van der Waals surface area contributed by atoms with E-state index >= 15 is 0 Å². The maximum absolute atomic E-state index is 12.3. The van der Waals surface area contributed by atoms with Gasteiger partial charge in [0.1, 0.15) is 11.9 Å². The number of fused-ring (bicyclic) bond motifs is 1. The first-order chi connectivity index (χ1) is 14.6. The minimum Gasteiger partial charge on any atom is -0.490 e. The molecule has 30 heavy (non-hydrogen) atoms. The van der Waals surface area contributed by atoms with Crippen molar-refractivity contribution >= 4 is 17.6 Å².